The summed E-state index contributed by atoms with van der Waals surface area (Å²) in [6.07, 6.45) is -1.48. The number of benzene rings is 1. The van der Waals surface area contributed by atoms with Crippen LogP contribution in [0.2, 0.25) is 0 Å². The van der Waals surface area contributed by atoms with Gasteiger partial charge in [-0.05, 0) is 45.7 Å². The molecule has 0 spiro atoms. The topological polar surface area (TPSA) is 131 Å². The highest BCUT2D eigenvalue weighted by Gasteiger charge is 2.23. The molecule has 1 rings (SSSR count). The first-order valence-electron chi connectivity index (χ1n) is 8.36. The van der Waals surface area contributed by atoms with Crippen LogP contribution in [0.1, 0.15) is 44.0 Å². The first-order valence-corrected chi connectivity index (χ1v) is 8.36. The number of carbonyl (C=O) groups is 4. The van der Waals surface area contributed by atoms with Gasteiger partial charge in [-0.1, -0.05) is 18.2 Å². The Morgan fingerprint density at radius 2 is 1.70 bits per heavy atom. The van der Waals surface area contributed by atoms with Crippen molar-refractivity contribution in [2.24, 2.45) is 0 Å². The Labute approximate surface area is 157 Å². The summed E-state index contributed by atoms with van der Waals surface area (Å²) < 4.78 is 9.62. The standard InChI is InChI=1S/C18H24N2O7/c1-18(2,3)27-17(25)20-13(14(21)22)10-7-11-19-16(24)26-15(23)12-8-5-4-6-9-12/h4-6,8-9,13H,7,10-11H2,1-3H3,(H,19,24)(H,20,25)(H,21,22)/t13-/m0/s1. The monoisotopic (exact) mass is 380 g/mol. The van der Waals surface area contributed by atoms with Crippen LogP contribution in [0.25, 0.3) is 0 Å². The quantitative estimate of drug-likeness (QED) is 0.376. The molecule has 1 aromatic rings. The van der Waals surface area contributed by atoms with Crippen LogP contribution in [0.15, 0.2) is 30.3 Å². The van der Waals surface area contributed by atoms with E-state index in [1.807, 2.05) is 0 Å². The third-order valence-corrected chi connectivity index (χ3v) is 3.12. The molecule has 0 fully saturated rings. The van der Waals surface area contributed by atoms with Gasteiger partial charge in [-0.3, -0.25) is 0 Å². The molecule has 9 nitrogen and oxygen atoms in total. The predicted molar refractivity (Wildman–Crippen MR) is 95.3 cm³/mol. The summed E-state index contributed by atoms with van der Waals surface area (Å²) in [6, 6.07) is 6.85. The molecule has 27 heavy (non-hydrogen) atoms. The van der Waals surface area contributed by atoms with E-state index in [4.69, 9.17) is 9.84 Å². The average Bonchev–Trinajstić information content (AvgIpc) is 2.56. The Morgan fingerprint density at radius 1 is 1.07 bits per heavy atom. The van der Waals surface area contributed by atoms with E-state index in [1.165, 1.54) is 12.1 Å². The second-order valence-corrected chi connectivity index (χ2v) is 6.65. The zero-order chi connectivity index (χ0) is 20.4. The van der Waals surface area contributed by atoms with E-state index in [1.54, 1.807) is 39.0 Å². The molecule has 0 aliphatic heterocycles. The lowest BCUT2D eigenvalue weighted by molar-refractivity contribution is -0.139. The van der Waals surface area contributed by atoms with Crippen molar-refractivity contribution in [2.75, 3.05) is 6.54 Å². The summed E-state index contributed by atoms with van der Waals surface area (Å²) in [5, 5.41) is 13.8. The first-order chi connectivity index (χ1) is 12.6. The molecule has 3 N–H and O–H groups in total. The van der Waals surface area contributed by atoms with Crippen molar-refractivity contribution < 1.29 is 33.8 Å². The van der Waals surface area contributed by atoms with Gasteiger partial charge in [-0.15, -0.1) is 0 Å². The highest BCUT2D eigenvalue weighted by molar-refractivity contribution is 5.96. The molecule has 0 saturated carbocycles. The fourth-order valence-corrected chi connectivity index (χ4v) is 1.96. The molecule has 0 heterocycles. The maximum Gasteiger partial charge on any atom is 0.415 e. The Bertz CT molecular complexity index is 668. The van der Waals surface area contributed by atoms with Crippen LogP contribution in [0.4, 0.5) is 9.59 Å². The third kappa shape index (κ3) is 9.24. The van der Waals surface area contributed by atoms with E-state index in [-0.39, 0.29) is 24.9 Å². The SMILES string of the molecule is CC(C)(C)OC(=O)N[C@@H](CCCNC(=O)OC(=O)c1ccccc1)C(=O)O. The Hall–Kier alpha value is -3.10. The van der Waals surface area contributed by atoms with Crippen LogP contribution in [0.3, 0.4) is 0 Å². The highest BCUT2D eigenvalue weighted by atomic mass is 16.6. The zero-order valence-electron chi connectivity index (χ0n) is 15.5. The number of amides is 2. The summed E-state index contributed by atoms with van der Waals surface area (Å²) in [5.41, 5.74) is -0.510. The van der Waals surface area contributed by atoms with Gasteiger partial charge in [0.1, 0.15) is 11.6 Å². The number of aliphatic carboxylic acids is 1. The lowest BCUT2D eigenvalue weighted by Crippen LogP contribution is -2.43. The maximum absolute atomic E-state index is 11.7. The number of ether oxygens (including phenoxy) is 2. The van der Waals surface area contributed by atoms with Gasteiger partial charge in [0, 0.05) is 6.54 Å². The molecule has 148 valence electrons. The second kappa shape index (κ2) is 10.1. The fraction of sp³-hybridized carbons (Fsp3) is 0.444. The number of carboxylic acid groups (broad SMARTS) is 1. The van der Waals surface area contributed by atoms with Gasteiger partial charge >= 0.3 is 24.1 Å². The smallest absolute Gasteiger partial charge is 0.415 e. The van der Waals surface area contributed by atoms with E-state index in [0.29, 0.717) is 0 Å². The number of carboxylic acids is 1. The molecule has 9 heteroatoms. The number of carbonyl (C=O) groups excluding carboxylic acids is 3. The first kappa shape index (κ1) is 21.9. The van der Waals surface area contributed by atoms with Crippen LogP contribution in [0, 0.1) is 0 Å². The molecule has 2 amide bonds. The number of rotatable bonds is 7. The number of nitrogens with one attached hydrogen (secondary N) is 2. The molecule has 1 aromatic carbocycles. The van der Waals surface area contributed by atoms with Crippen LogP contribution in [-0.2, 0) is 14.3 Å². The second-order valence-electron chi connectivity index (χ2n) is 6.65. The maximum atomic E-state index is 11.7. The number of esters is 1. The highest BCUT2D eigenvalue weighted by Crippen LogP contribution is 2.08. The Balaban J connectivity index is 2.35. The Morgan fingerprint density at radius 3 is 2.26 bits per heavy atom. The van der Waals surface area contributed by atoms with Gasteiger partial charge in [0.15, 0.2) is 0 Å². The van der Waals surface area contributed by atoms with E-state index >= 15 is 0 Å². The van der Waals surface area contributed by atoms with E-state index in [2.05, 4.69) is 15.4 Å². The van der Waals surface area contributed by atoms with Gasteiger partial charge in [0.25, 0.3) is 0 Å². The minimum absolute atomic E-state index is 0.0570. The van der Waals surface area contributed by atoms with Crippen LogP contribution >= 0.6 is 0 Å². The minimum Gasteiger partial charge on any atom is -0.480 e. The molecule has 1 atom stereocenters. The van der Waals surface area contributed by atoms with Crippen molar-refractivity contribution in [3.63, 3.8) is 0 Å². The lowest BCUT2D eigenvalue weighted by atomic mass is 10.1. The van der Waals surface area contributed by atoms with E-state index in [0.717, 1.165) is 0 Å². The van der Waals surface area contributed by atoms with Gasteiger partial charge in [-0.2, -0.15) is 0 Å². The average molecular weight is 380 g/mol. The Kier molecular flexibility index (Phi) is 8.25. The molecular formula is C18H24N2O7. The molecule has 0 aromatic heterocycles. The molecule has 0 bridgehead atoms. The van der Waals surface area contributed by atoms with E-state index < -0.39 is 35.8 Å². The summed E-state index contributed by atoms with van der Waals surface area (Å²) in [5.74, 6) is -2.01. The molecule has 0 radical (unpaired) electrons. The minimum atomic E-state index is -1.22. The lowest BCUT2D eigenvalue weighted by Gasteiger charge is -2.22. The van der Waals surface area contributed by atoms with Crippen molar-refractivity contribution in [1.29, 1.82) is 0 Å². The van der Waals surface area contributed by atoms with E-state index in [9.17, 15) is 19.2 Å². The fourth-order valence-electron chi connectivity index (χ4n) is 1.96. The van der Waals surface area contributed by atoms with Crippen molar-refractivity contribution in [2.45, 2.75) is 45.3 Å². The molecular weight excluding hydrogens is 356 g/mol. The van der Waals surface area contributed by atoms with Crippen molar-refractivity contribution >= 4 is 24.1 Å². The zero-order valence-corrected chi connectivity index (χ0v) is 15.5. The molecule has 0 aliphatic carbocycles. The molecule has 0 aliphatic rings. The third-order valence-electron chi connectivity index (χ3n) is 3.12. The number of hydrogen-bond acceptors (Lipinski definition) is 6. The summed E-state index contributed by atoms with van der Waals surface area (Å²) >= 11 is 0. The van der Waals surface area contributed by atoms with Gasteiger partial charge in [0.05, 0.1) is 5.56 Å². The number of alkyl carbamates (subject to hydrolysis) is 2. The molecule has 0 unspecified atom stereocenters. The normalized spacial score (nSPS) is 11.8. The van der Waals surface area contributed by atoms with Crippen molar-refractivity contribution in [1.82, 2.24) is 10.6 Å². The van der Waals surface area contributed by atoms with Crippen LogP contribution in [0.5, 0.6) is 0 Å². The van der Waals surface area contributed by atoms with Gasteiger partial charge in [0.2, 0.25) is 0 Å². The number of hydrogen-bond donors (Lipinski definition) is 3. The molecule has 0 saturated heterocycles. The summed E-state index contributed by atoms with van der Waals surface area (Å²) in [6.45, 7) is 5.05. The summed E-state index contributed by atoms with van der Waals surface area (Å²) in [7, 11) is 0. The van der Waals surface area contributed by atoms with Gasteiger partial charge in [-0.25, -0.2) is 19.2 Å². The largest absolute Gasteiger partial charge is 0.480 e. The van der Waals surface area contributed by atoms with Crippen LogP contribution < -0.4 is 10.6 Å². The summed E-state index contributed by atoms with van der Waals surface area (Å²) in [4.78, 5) is 46.1. The predicted octanol–water partition coefficient (Wildman–Crippen LogP) is 2.31. The van der Waals surface area contributed by atoms with Crippen LogP contribution in [-0.4, -0.2) is 47.4 Å². The van der Waals surface area contributed by atoms with Crippen molar-refractivity contribution in [3.05, 3.63) is 35.9 Å². The van der Waals surface area contributed by atoms with Crippen molar-refractivity contribution in [3.8, 4) is 0 Å². The van der Waals surface area contributed by atoms with Gasteiger partial charge < -0.3 is 25.2 Å².